The molecule has 0 aromatic rings. The van der Waals surface area contributed by atoms with Gasteiger partial charge >= 0.3 is 0 Å². The van der Waals surface area contributed by atoms with Gasteiger partial charge in [-0.1, -0.05) is 0 Å². The quantitative estimate of drug-likeness (QED) is 0.840. The minimum absolute atomic E-state index is 0.497. The lowest BCUT2D eigenvalue weighted by atomic mass is 9.48. The van der Waals surface area contributed by atoms with Crippen LogP contribution in [0.2, 0.25) is 0 Å². The number of rotatable bonds is 4. The largest absolute Gasteiger partial charge is 0.377 e. The van der Waals surface area contributed by atoms with E-state index in [1.807, 2.05) is 0 Å². The summed E-state index contributed by atoms with van der Waals surface area (Å²) in [6, 6.07) is 0.699. The molecule has 2 atom stereocenters. The van der Waals surface area contributed by atoms with Crippen LogP contribution in [0.4, 0.5) is 0 Å². The van der Waals surface area contributed by atoms with Gasteiger partial charge in [0.25, 0.3) is 0 Å². The summed E-state index contributed by atoms with van der Waals surface area (Å²) < 4.78 is 5.76. The molecule has 0 amide bonds. The number of nitrogens with one attached hydrogen (secondary N) is 1. The van der Waals surface area contributed by atoms with Crippen molar-refractivity contribution in [3.05, 3.63) is 0 Å². The monoisotopic (exact) mass is 263 g/mol. The van der Waals surface area contributed by atoms with Crippen molar-refractivity contribution in [3.8, 4) is 0 Å². The van der Waals surface area contributed by atoms with E-state index in [4.69, 9.17) is 4.74 Å². The summed E-state index contributed by atoms with van der Waals surface area (Å²) in [5.41, 5.74) is 0.646. The molecule has 5 rings (SSSR count). The molecule has 2 nitrogen and oxygen atoms in total. The maximum Gasteiger partial charge on any atom is 0.0700 e. The van der Waals surface area contributed by atoms with E-state index >= 15 is 0 Å². The molecular weight excluding hydrogens is 234 g/mol. The standard InChI is InChI=1S/C17H29NO/c1-12(18-11-16-3-2-4-19-16)17-8-13-5-14(9-17)7-15(6-13)10-17/h12-16,18H,2-11H2,1H3. The Morgan fingerprint density at radius 2 is 1.74 bits per heavy atom. The van der Waals surface area contributed by atoms with Crippen molar-refractivity contribution in [2.24, 2.45) is 23.2 Å². The average molecular weight is 263 g/mol. The third-order valence-corrected chi connectivity index (χ3v) is 6.68. The van der Waals surface area contributed by atoms with Gasteiger partial charge in [-0.2, -0.15) is 0 Å². The van der Waals surface area contributed by atoms with E-state index < -0.39 is 0 Å². The zero-order valence-corrected chi connectivity index (χ0v) is 12.4. The molecule has 1 N–H and O–H groups in total. The summed E-state index contributed by atoms with van der Waals surface area (Å²) in [5.74, 6) is 3.20. The van der Waals surface area contributed by atoms with Crippen molar-refractivity contribution in [3.63, 3.8) is 0 Å². The first-order chi connectivity index (χ1) is 9.23. The van der Waals surface area contributed by atoms with Crippen molar-refractivity contribution in [1.82, 2.24) is 5.32 Å². The van der Waals surface area contributed by atoms with Gasteiger partial charge in [0.2, 0.25) is 0 Å². The molecule has 0 aromatic carbocycles. The minimum Gasteiger partial charge on any atom is -0.377 e. The highest BCUT2D eigenvalue weighted by Crippen LogP contribution is 2.61. The molecule has 108 valence electrons. The second-order valence-corrected chi connectivity index (χ2v) is 8.04. The van der Waals surface area contributed by atoms with Crippen LogP contribution >= 0.6 is 0 Å². The van der Waals surface area contributed by atoms with E-state index in [9.17, 15) is 0 Å². The maximum absolute atomic E-state index is 5.76. The fraction of sp³-hybridized carbons (Fsp3) is 1.00. The zero-order chi connectivity index (χ0) is 12.9. The highest BCUT2D eigenvalue weighted by Gasteiger charge is 2.52. The van der Waals surface area contributed by atoms with Gasteiger partial charge in [-0.05, 0) is 81.5 Å². The molecule has 1 aliphatic heterocycles. The van der Waals surface area contributed by atoms with Gasteiger partial charge in [0.05, 0.1) is 6.10 Å². The summed E-state index contributed by atoms with van der Waals surface area (Å²) in [4.78, 5) is 0. The van der Waals surface area contributed by atoms with Gasteiger partial charge in [0, 0.05) is 19.2 Å². The molecule has 4 saturated carbocycles. The topological polar surface area (TPSA) is 21.3 Å². The zero-order valence-electron chi connectivity index (χ0n) is 12.4. The number of hydrogen-bond acceptors (Lipinski definition) is 2. The second kappa shape index (κ2) is 4.73. The molecule has 0 radical (unpaired) electrons. The lowest BCUT2D eigenvalue weighted by molar-refractivity contribution is -0.0718. The summed E-state index contributed by atoms with van der Waals surface area (Å²) in [5, 5.41) is 3.86. The SMILES string of the molecule is CC(NCC1CCCO1)C12CC3CC(CC(C3)C1)C2. The summed E-state index contributed by atoms with van der Waals surface area (Å²) in [7, 11) is 0. The summed E-state index contributed by atoms with van der Waals surface area (Å²) in [6.07, 6.45) is 12.2. The number of ether oxygens (including phenoxy) is 1. The molecule has 1 heterocycles. The van der Waals surface area contributed by atoms with Crippen LogP contribution in [0.25, 0.3) is 0 Å². The Morgan fingerprint density at radius 3 is 2.26 bits per heavy atom. The minimum atomic E-state index is 0.497. The van der Waals surface area contributed by atoms with E-state index in [0.29, 0.717) is 17.6 Å². The first-order valence-corrected chi connectivity index (χ1v) is 8.58. The third kappa shape index (κ3) is 2.25. The van der Waals surface area contributed by atoms with Crippen LogP contribution in [-0.4, -0.2) is 25.3 Å². The maximum atomic E-state index is 5.76. The Hall–Kier alpha value is -0.0800. The molecule has 2 heteroatoms. The predicted octanol–water partition coefficient (Wildman–Crippen LogP) is 3.36. The molecular formula is C17H29NO. The van der Waals surface area contributed by atoms with Gasteiger partial charge in [-0.3, -0.25) is 0 Å². The van der Waals surface area contributed by atoms with Gasteiger partial charge in [-0.15, -0.1) is 0 Å². The van der Waals surface area contributed by atoms with Crippen LogP contribution < -0.4 is 5.32 Å². The fourth-order valence-electron chi connectivity index (χ4n) is 6.04. The molecule has 5 aliphatic rings. The van der Waals surface area contributed by atoms with Gasteiger partial charge in [0.15, 0.2) is 0 Å². The molecule has 2 unspecified atom stereocenters. The molecule has 4 aliphatic carbocycles. The summed E-state index contributed by atoms with van der Waals surface area (Å²) >= 11 is 0. The van der Waals surface area contributed by atoms with Gasteiger partial charge < -0.3 is 10.1 Å². The van der Waals surface area contributed by atoms with Crippen molar-refractivity contribution < 1.29 is 4.74 Å². The molecule has 1 saturated heterocycles. The Kier molecular flexibility index (Phi) is 3.15. The molecule has 0 aromatic heterocycles. The van der Waals surface area contributed by atoms with Crippen molar-refractivity contribution in [2.75, 3.05) is 13.2 Å². The Labute approximate surface area is 117 Å². The Balaban J connectivity index is 1.40. The van der Waals surface area contributed by atoms with Crippen molar-refractivity contribution in [2.45, 2.75) is 70.4 Å². The van der Waals surface area contributed by atoms with Crippen LogP contribution in [0.1, 0.15) is 58.3 Å². The highest BCUT2D eigenvalue weighted by atomic mass is 16.5. The lowest BCUT2D eigenvalue weighted by Crippen LogP contribution is -2.55. The van der Waals surface area contributed by atoms with Crippen LogP contribution in [0.15, 0.2) is 0 Å². The van der Waals surface area contributed by atoms with E-state index in [1.54, 1.807) is 19.3 Å². The average Bonchev–Trinajstić information content (AvgIpc) is 2.87. The molecule has 4 bridgehead atoms. The fourth-order valence-corrected chi connectivity index (χ4v) is 6.04. The van der Waals surface area contributed by atoms with Crippen LogP contribution in [-0.2, 0) is 4.74 Å². The van der Waals surface area contributed by atoms with Crippen molar-refractivity contribution >= 4 is 0 Å². The predicted molar refractivity (Wildman–Crippen MR) is 77.0 cm³/mol. The third-order valence-electron chi connectivity index (χ3n) is 6.68. The Bertz CT molecular complexity index is 299. The van der Waals surface area contributed by atoms with Crippen LogP contribution in [0.3, 0.4) is 0 Å². The summed E-state index contributed by atoms with van der Waals surface area (Å²) in [6.45, 7) is 4.53. The number of hydrogen-bond donors (Lipinski definition) is 1. The first-order valence-electron chi connectivity index (χ1n) is 8.58. The van der Waals surface area contributed by atoms with E-state index in [-0.39, 0.29) is 0 Å². The van der Waals surface area contributed by atoms with E-state index in [0.717, 1.165) is 30.9 Å². The smallest absolute Gasteiger partial charge is 0.0700 e. The lowest BCUT2D eigenvalue weighted by Gasteiger charge is -2.59. The van der Waals surface area contributed by atoms with Crippen molar-refractivity contribution in [1.29, 1.82) is 0 Å². The van der Waals surface area contributed by atoms with Gasteiger partial charge in [0.1, 0.15) is 0 Å². The molecule has 5 fully saturated rings. The molecule has 0 spiro atoms. The second-order valence-electron chi connectivity index (χ2n) is 8.04. The normalized spacial score (nSPS) is 49.7. The van der Waals surface area contributed by atoms with E-state index in [2.05, 4.69) is 12.2 Å². The van der Waals surface area contributed by atoms with E-state index in [1.165, 1.54) is 32.1 Å². The van der Waals surface area contributed by atoms with Gasteiger partial charge in [-0.25, -0.2) is 0 Å². The molecule has 19 heavy (non-hydrogen) atoms. The van der Waals surface area contributed by atoms with Crippen LogP contribution in [0.5, 0.6) is 0 Å². The Morgan fingerprint density at radius 1 is 1.11 bits per heavy atom. The first kappa shape index (κ1) is 12.6. The highest BCUT2D eigenvalue weighted by molar-refractivity contribution is 5.05. The van der Waals surface area contributed by atoms with Crippen LogP contribution in [0, 0.1) is 23.2 Å².